The number of thiocarbonyl (C=S) groups is 1. The lowest BCUT2D eigenvalue weighted by molar-refractivity contribution is -0.117. The summed E-state index contributed by atoms with van der Waals surface area (Å²) in [7, 11) is 0. The summed E-state index contributed by atoms with van der Waals surface area (Å²) >= 11 is 5.42. The molecule has 1 aliphatic rings. The largest absolute Gasteiger partial charge is 0.494 e. The zero-order valence-corrected chi connectivity index (χ0v) is 16.6. The SMILES string of the molecule is CCOc1cccc(CNC(=S)Nc2ccc(C)c(N3CCCC3=O)c2)c1. The molecule has 2 N–H and O–H groups in total. The molecule has 5 nitrogen and oxygen atoms in total. The van der Waals surface area contributed by atoms with Gasteiger partial charge in [0.05, 0.1) is 6.61 Å². The first kappa shape index (κ1) is 19.2. The fraction of sp³-hybridized carbons (Fsp3) is 0.333. The summed E-state index contributed by atoms with van der Waals surface area (Å²) in [6, 6.07) is 13.9. The fourth-order valence-electron chi connectivity index (χ4n) is 3.15. The lowest BCUT2D eigenvalue weighted by Crippen LogP contribution is -2.28. The van der Waals surface area contributed by atoms with Crippen molar-refractivity contribution >= 4 is 34.6 Å². The molecular formula is C21H25N3O2S. The van der Waals surface area contributed by atoms with E-state index in [1.54, 1.807) is 0 Å². The zero-order valence-electron chi connectivity index (χ0n) is 15.7. The molecule has 0 bridgehead atoms. The van der Waals surface area contributed by atoms with E-state index in [9.17, 15) is 4.79 Å². The average molecular weight is 384 g/mol. The highest BCUT2D eigenvalue weighted by Crippen LogP contribution is 2.28. The van der Waals surface area contributed by atoms with Gasteiger partial charge in [-0.3, -0.25) is 4.79 Å². The molecule has 2 aromatic rings. The Morgan fingerprint density at radius 2 is 2.11 bits per heavy atom. The fourth-order valence-corrected chi connectivity index (χ4v) is 3.34. The van der Waals surface area contributed by atoms with Crippen LogP contribution in [0.2, 0.25) is 0 Å². The Morgan fingerprint density at radius 3 is 2.85 bits per heavy atom. The Bertz CT molecular complexity index is 838. The van der Waals surface area contributed by atoms with Crippen molar-refractivity contribution in [2.75, 3.05) is 23.4 Å². The van der Waals surface area contributed by atoms with Gasteiger partial charge in [-0.05, 0) is 67.9 Å². The maximum atomic E-state index is 12.1. The number of nitrogens with one attached hydrogen (secondary N) is 2. The second-order valence-corrected chi connectivity index (χ2v) is 6.95. The molecule has 1 saturated heterocycles. The quantitative estimate of drug-likeness (QED) is 0.739. The van der Waals surface area contributed by atoms with Crippen LogP contribution >= 0.6 is 12.2 Å². The molecule has 0 saturated carbocycles. The van der Waals surface area contributed by atoms with Crippen LogP contribution < -0.4 is 20.3 Å². The van der Waals surface area contributed by atoms with E-state index in [4.69, 9.17) is 17.0 Å². The van der Waals surface area contributed by atoms with Gasteiger partial charge in [0.15, 0.2) is 5.11 Å². The second-order valence-electron chi connectivity index (χ2n) is 6.54. The Labute approximate surface area is 165 Å². The van der Waals surface area contributed by atoms with Gasteiger partial charge in [-0.15, -0.1) is 0 Å². The molecule has 142 valence electrons. The highest BCUT2D eigenvalue weighted by atomic mass is 32.1. The van der Waals surface area contributed by atoms with Crippen LogP contribution in [0.25, 0.3) is 0 Å². The molecule has 1 fully saturated rings. The van der Waals surface area contributed by atoms with Crippen LogP contribution in [0.1, 0.15) is 30.9 Å². The number of aryl methyl sites for hydroxylation is 1. The van der Waals surface area contributed by atoms with Crippen molar-refractivity contribution in [3.8, 4) is 5.75 Å². The summed E-state index contributed by atoms with van der Waals surface area (Å²) in [5.74, 6) is 1.04. The molecule has 3 rings (SSSR count). The lowest BCUT2D eigenvalue weighted by atomic mass is 10.1. The van der Waals surface area contributed by atoms with E-state index in [1.165, 1.54) is 0 Å². The Kier molecular flexibility index (Phi) is 6.29. The smallest absolute Gasteiger partial charge is 0.227 e. The normalized spacial score (nSPS) is 13.6. The first-order valence-corrected chi connectivity index (χ1v) is 9.65. The number of nitrogens with zero attached hydrogens (tertiary/aromatic N) is 1. The van der Waals surface area contributed by atoms with Gasteiger partial charge in [0.1, 0.15) is 5.75 Å². The van der Waals surface area contributed by atoms with Crippen LogP contribution in [0.4, 0.5) is 11.4 Å². The van der Waals surface area contributed by atoms with E-state index in [0.717, 1.165) is 41.2 Å². The third kappa shape index (κ3) is 4.98. The van der Waals surface area contributed by atoms with Crippen molar-refractivity contribution in [3.05, 3.63) is 53.6 Å². The number of ether oxygens (including phenoxy) is 1. The van der Waals surface area contributed by atoms with Crippen molar-refractivity contribution in [1.82, 2.24) is 5.32 Å². The van der Waals surface area contributed by atoms with E-state index < -0.39 is 0 Å². The number of hydrogen-bond acceptors (Lipinski definition) is 3. The molecule has 0 radical (unpaired) electrons. The first-order chi connectivity index (χ1) is 13.1. The van der Waals surface area contributed by atoms with Crippen LogP contribution in [0.5, 0.6) is 5.75 Å². The molecule has 0 unspecified atom stereocenters. The molecular weight excluding hydrogens is 358 g/mol. The molecule has 27 heavy (non-hydrogen) atoms. The summed E-state index contributed by atoms with van der Waals surface area (Å²) in [6.45, 7) is 6.02. The van der Waals surface area contributed by atoms with E-state index in [1.807, 2.05) is 61.2 Å². The van der Waals surface area contributed by atoms with Crippen molar-refractivity contribution < 1.29 is 9.53 Å². The van der Waals surface area contributed by atoms with Gasteiger partial charge in [-0.25, -0.2) is 0 Å². The maximum Gasteiger partial charge on any atom is 0.227 e. The highest BCUT2D eigenvalue weighted by Gasteiger charge is 2.23. The van der Waals surface area contributed by atoms with Crippen molar-refractivity contribution in [1.29, 1.82) is 0 Å². The summed E-state index contributed by atoms with van der Waals surface area (Å²) in [4.78, 5) is 13.9. The first-order valence-electron chi connectivity index (χ1n) is 9.24. The molecule has 1 amide bonds. The third-order valence-corrected chi connectivity index (χ3v) is 4.74. The average Bonchev–Trinajstić information content (AvgIpc) is 3.08. The van der Waals surface area contributed by atoms with Gasteiger partial charge in [-0.1, -0.05) is 18.2 Å². The van der Waals surface area contributed by atoms with Crippen molar-refractivity contribution in [3.63, 3.8) is 0 Å². The molecule has 6 heteroatoms. The van der Waals surface area contributed by atoms with Gasteiger partial charge < -0.3 is 20.3 Å². The van der Waals surface area contributed by atoms with Crippen LogP contribution in [-0.4, -0.2) is 24.2 Å². The predicted molar refractivity (Wildman–Crippen MR) is 113 cm³/mol. The minimum Gasteiger partial charge on any atom is -0.494 e. The van der Waals surface area contributed by atoms with Crippen LogP contribution in [0, 0.1) is 6.92 Å². The summed E-state index contributed by atoms with van der Waals surface area (Å²) in [5, 5.41) is 6.96. The molecule has 0 aliphatic carbocycles. The van der Waals surface area contributed by atoms with Gasteiger partial charge in [-0.2, -0.15) is 0 Å². The van der Waals surface area contributed by atoms with Gasteiger partial charge in [0, 0.05) is 30.9 Å². The zero-order chi connectivity index (χ0) is 19.2. The number of rotatable bonds is 6. The minimum atomic E-state index is 0.185. The van der Waals surface area contributed by atoms with E-state index in [0.29, 0.717) is 24.7 Å². The van der Waals surface area contributed by atoms with Gasteiger partial charge >= 0.3 is 0 Å². The predicted octanol–water partition coefficient (Wildman–Crippen LogP) is 4.01. The van der Waals surface area contributed by atoms with E-state index >= 15 is 0 Å². The molecule has 2 aromatic carbocycles. The molecule has 1 heterocycles. The Hall–Kier alpha value is -2.60. The number of carbonyl (C=O) groups is 1. The Balaban J connectivity index is 1.61. The number of anilines is 2. The summed E-state index contributed by atoms with van der Waals surface area (Å²) in [6.07, 6.45) is 1.54. The number of carbonyl (C=O) groups excluding carboxylic acids is 1. The summed E-state index contributed by atoms with van der Waals surface area (Å²) in [5.41, 5.74) is 4.00. The minimum absolute atomic E-state index is 0.185. The maximum absolute atomic E-state index is 12.1. The van der Waals surface area contributed by atoms with E-state index in [-0.39, 0.29) is 5.91 Å². The van der Waals surface area contributed by atoms with Crippen molar-refractivity contribution in [2.45, 2.75) is 33.2 Å². The van der Waals surface area contributed by atoms with Gasteiger partial charge in [0.25, 0.3) is 0 Å². The molecule has 0 spiro atoms. The standard InChI is InChI=1S/C21H25N3O2S/c1-3-26-18-7-4-6-16(12-18)14-22-21(27)23-17-10-9-15(2)19(13-17)24-11-5-8-20(24)25/h4,6-7,9-10,12-13H,3,5,8,11,14H2,1-2H3,(H2,22,23,27). The topological polar surface area (TPSA) is 53.6 Å². The third-order valence-electron chi connectivity index (χ3n) is 4.49. The number of benzene rings is 2. The van der Waals surface area contributed by atoms with Crippen LogP contribution in [-0.2, 0) is 11.3 Å². The summed E-state index contributed by atoms with van der Waals surface area (Å²) < 4.78 is 5.52. The lowest BCUT2D eigenvalue weighted by Gasteiger charge is -2.20. The second kappa shape index (κ2) is 8.86. The van der Waals surface area contributed by atoms with Crippen LogP contribution in [0.15, 0.2) is 42.5 Å². The molecule has 0 atom stereocenters. The number of amides is 1. The molecule has 1 aliphatic heterocycles. The molecule has 0 aromatic heterocycles. The van der Waals surface area contributed by atoms with Crippen LogP contribution in [0.3, 0.4) is 0 Å². The van der Waals surface area contributed by atoms with E-state index in [2.05, 4.69) is 10.6 Å². The highest BCUT2D eigenvalue weighted by molar-refractivity contribution is 7.80. The van der Waals surface area contributed by atoms with Crippen molar-refractivity contribution in [2.24, 2.45) is 0 Å². The number of hydrogen-bond donors (Lipinski definition) is 2. The van der Waals surface area contributed by atoms with Gasteiger partial charge in [0.2, 0.25) is 5.91 Å². The monoisotopic (exact) mass is 383 g/mol. The Morgan fingerprint density at radius 1 is 1.26 bits per heavy atom.